The summed E-state index contributed by atoms with van der Waals surface area (Å²) in [6.07, 6.45) is 0.302. The lowest BCUT2D eigenvalue weighted by molar-refractivity contribution is -0.389. The van der Waals surface area contributed by atoms with Gasteiger partial charge in [0.05, 0.1) is 19.3 Å². The number of aliphatic hydroxyl groups is 2. The van der Waals surface area contributed by atoms with Crippen LogP contribution in [0.2, 0.25) is 0 Å². The van der Waals surface area contributed by atoms with Crippen molar-refractivity contribution in [3.8, 4) is 0 Å². The largest absolute Gasteiger partial charge is 0.394 e. The summed E-state index contributed by atoms with van der Waals surface area (Å²) in [5.41, 5.74) is 0. The number of nitrogens with zero attached hydrogens (tertiary/aromatic N) is 3. The maximum Gasteiger partial charge on any atom is 0.381 e. The van der Waals surface area contributed by atoms with Crippen LogP contribution in [0.4, 0.5) is 5.82 Å². The molecule has 2 N–H and O–H groups in total. The van der Waals surface area contributed by atoms with Crippen LogP contribution in [0, 0.1) is 17.0 Å². The fourth-order valence-corrected chi connectivity index (χ4v) is 1.05. The second kappa shape index (κ2) is 4.16. The van der Waals surface area contributed by atoms with Gasteiger partial charge in [-0.25, -0.2) is 0 Å². The van der Waals surface area contributed by atoms with Crippen molar-refractivity contribution >= 4 is 5.82 Å². The topological polar surface area (TPSA) is 101 Å². The minimum atomic E-state index is -0.928. The number of rotatable bonds is 4. The molecule has 78 valence electrons. The molecule has 1 heterocycles. The van der Waals surface area contributed by atoms with Crippen LogP contribution in [0.5, 0.6) is 0 Å². The van der Waals surface area contributed by atoms with E-state index in [9.17, 15) is 10.1 Å². The van der Waals surface area contributed by atoms with Crippen LogP contribution in [-0.4, -0.2) is 37.4 Å². The van der Waals surface area contributed by atoms with Crippen molar-refractivity contribution in [2.75, 3.05) is 6.61 Å². The lowest BCUT2D eigenvalue weighted by Crippen LogP contribution is -2.20. The molecule has 0 aliphatic carbocycles. The first kappa shape index (κ1) is 10.6. The van der Waals surface area contributed by atoms with Crippen molar-refractivity contribution in [3.05, 3.63) is 22.1 Å². The minimum Gasteiger partial charge on any atom is -0.394 e. The van der Waals surface area contributed by atoms with E-state index in [-0.39, 0.29) is 19.0 Å². The Hall–Kier alpha value is -1.47. The number of hydrogen-bond donors (Lipinski definition) is 2. The van der Waals surface area contributed by atoms with Gasteiger partial charge in [-0.15, -0.1) is 0 Å². The molecule has 1 aromatic rings. The third-order valence-corrected chi connectivity index (χ3v) is 1.77. The van der Waals surface area contributed by atoms with Gasteiger partial charge in [0.25, 0.3) is 0 Å². The highest BCUT2D eigenvalue weighted by molar-refractivity contribution is 5.16. The van der Waals surface area contributed by atoms with E-state index in [0.717, 1.165) is 0 Å². The number of hydrogen-bond acceptors (Lipinski definition) is 5. The Bertz CT molecular complexity index is 336. The van der Waals surface area contributed by atoms with Gasteiger partial charge in [0, 0.05) is 6.92 Å². The van der Waals surface area contributed by atoms with E-state index in [1.807, 2.05) is 0 Å². The lowest BCUT2D eigenvalue weighted by atomic mass is 10.4. The zero-order valence-electron chi connectivity index (χ0n) is 7.62. The molecule has 7 nitrogen and oxygen atoms in total. The van der Waals surface area contributed by atoms with Gasteiger partial charge in [-0.2, -0.15) is 0 Å². The molecule has 0 aromatic carbocycles. The van der Waals surface area contributed by atoms with Gasteiger partial charge in [-0.05, 0) is 9.91 Å². The summed E-state index contributed by atoms with van der Waals surface area (Å²) in [7, 11) is 0. The van der Waals surface area contributed by atoms with Gasteiger partial charge in [0.2, 0.25) is 5.82 Å². The van der Waals surface area contributed by atoms with Crippen LogP contribution in [0.1, 0.15) is 5.82 Å². The number of imidazole rings is 1. The van der Waals surface area contributed by atoms with Gasteiger partial charge < -0.3 is 24.9 Å². The van der Waals surface area contributed by atoms with E-state index in [1.165, 1.54) is 10.8 Å². The van der Waals surface area contributed by atoms with E-state index in [0.29, 0.717) is 5.82 Å². The van der Waals surface area contributed by atoms with E-state index < -0.39 is 11.0 Å². The predicted octanol–water partition coefficient (Wildman–Crippen LogP) is -0.547. The van der Waals surface area contributed by atoms with Crippen LogP contribution in [0.3, 0.4) is 0 Å². The van der Waals surface area contributed by atoms with Crippen LogP contribution >= 0.6 is 0 Å². The van der Waals surface area contributed by atoms with E-state index in [4.69, 9.17) is 10.2 Å². The van der Waals surface area contributed by atoms with E-state index >= 15 is 0 Å². The molecule has 0 amide bonds. The van der Waals surface area contributed by atoms with Crippen LogP contribution in [0.25, 0.3) is 0 Å². The van der Waals surface area contributed by atoms with Crippen molar-refractivity contribution in [1.29, 1.82) is 0 Å². The number of nitro groups is 1. The third-order valence-electron chi connectivity index (χ3n) is 1.77. The Balaban J connectivity index is 2.82. The average molecular weight is 201 g/mol. The zero-order valence-corrected chi connectivity index (χ0v) is 7.62. The molecule has 0 aliphatic rings. The zero-order chi connectivity index (χ0) is 10.7. The van der Waals surface area contributed by atoms with Gasteiger partial charge >= 0.3 is 5.82 Å². The van der Waals surface area contributed by atoms with Crippen molar-refractivity contribution in [2.24, 2.45) is 0 Å². The molecule has 0 fully saturated rings. The fourth-order valence-electron chi connectivity index (χ4n) is 1.05. The summed E-state index contributed by atoms with van der Waals surface area (Å²) >= 11 is 0. The first-order valence-electron chi connectivity index (χ1n) is 4.01. The summed E-state index contributed by atoms with van der Waals surface area (Å²) in [6.45, 7) is 1.31. The van der Waals surface area contributed by atoms with Gasteiger partial charge in [0.1, 0.15) is 6.20 Å². The highest BCUT2D eigenvalue weighted by Gasteiger charge is 2.16. The summed E-state index contributed by atoms with van der Waals surface area (Å²) < 4.78 is 1.43. The van der Waals surface area contributed by atoms with Crippen molar-refractivity contribution < 1.29 is 15.1 Å². The van der Waals surface area contributed by atoms with Crippen molar-refractivity contribution in [2.45, 2.75) is 19.6 Å². The summed E-state index contributed by atoms with van der Waals surface area (Å²) in [5.74, 6) is 0.178. The molecule has 14 heavy (non-hydrogen) atoms. The number of aliphatic hydroxyl groups excluding tert-OH is 2. The molecule has 1 atom stereocenters. The summed E-state index contributed by atoms with van der Waals surface area (Å²) in [4.78, 5) is 13.4. The standard InChI is InChI=1S/C7H11N3O4/c1-5-8-7(10(13)14)3-9(5)2-6(12)4-11/h3,6,11-12H,2,4H2,1H3/t6-/m1/s1. The highest BCUT2D eigenvalue weighted by atomic mass is 16.6. The van der Waals surface area contributed by atoms with Crippen LogP contribution in [0.15, 0.2) is 6.20 Å². The Morgan fingerprint density at radius 2 is 2.43 bits per heavy atom. The normalized spacial score (nSPS) is 12.8. The molecule has 0 bridgehead atoms. The Kier molecular flexibility index (Phi) is 3.15. The summed E-state index contributed by atoms with van der Waals surface area (Å²) in [5, 5.41) is 28.0. The highest BCUT2D eigenvalue weighted by Crippen LogP contribution is 2.10. The minimum absolute atomic E-state index is 0.100. The molecule has 0 saturated carbocycles. The average Bonchev–Trinajstić information content (AvgIpc) is 2.48. The molecular formula is C7H11N3O4. The maximum absolute atomic E-state index is 10.3. The van der Waals surface area contributed by atoms with Crippen LogP contribution < -0.4 is 0 Å². The molecule has 1 rings (SSSR count). The van der Waals surface area contributed by atoms with Crippen molar-refractivity contribution in [3.63, 3.8) is 0 Å². The first-order valence-corrected chi connectivity index (χ1v) is 4.01. The second-order valence-corrected chi connectivity index (χ2v) is 2.89. The van der Waals surface area contributed by atoms with E-state index in [2.05, 4.69) is 4.98 Å². The first-order chi connectivity index (χ1) is 6.54. The summed E-state index contributed by atoms with van der Waals surface area (Å²) in [6, 6.07) is 0. The second-order valence-electron chi connectivity index (χ2n) is 2.89. The quantitative estimate of drug-likeness (QED) is 0.502. The Morgan fingerprint density at radius 3 is 2.86 bits per heavy atom. The molecule has 0 unspecified atom stereocenters. The Labute approximate surface area is 79.8 Å². The Morgan fingerprint density at radius 1 is 1.79 bits per heavy atom. The molecule has 0 spiro atoms. The smallest absolute Gasteiger partial charge is 0.381 e. The monoisotopic (exact) mass is 201 g/mol. The molecule has 0 radical (unpaired) electrons. The maximum atomic E-state index is 10.3. The molecule has 0 aliphatic heterocycles. The molecular weight excluding hydrogens is 190 g/mol. The SMILES string of the molecule is Cc1nc([N+](=O)[O-])cn1C[C@@H](O)CO. The lowest BCUT2D eigenvalue weighted by Gasteiger charge is -2.06. The van der Waals surface area contributed by atoms with Gasteiger partial charge in [0.15, 0.2) is 0 Å². The van der Waals surface area contributed by atoms with E-state index in [1.54, 1.807) is 6.92 Å². The molecule has 1 aromatic heterocycles. The van der Waals surface area contributed by atoms with Crippen molar-refractivity contribution in [1.82, 2.24) is 9.55 Å². The van der Waals surface area contributed by atoms with Crippen LogP contribution in [-0.2, 0) is 6.54 Å². The predicted molar refractivity (Wildman–Crippen MR) is 46.7 cm³/mol. The van der Waals surface area contributed by atoms with Gasteiger partial charge in [-0.1, -0.05) is 0 Å². The fraction of sp³-hybridized carbons (Fsp3) is 0.571. The third kappa shape index (κ3) is 2.27. The number of aryl methyl sites for hydroxylation is 1. The molecule has 0 saturated heterocycles. The van der Waals surface area contributed by atoms with Gasteiger partial charge in [-0.3, -0.25) is 0 Å². The number of aromatic nitrogens is 2. The molecule has 7 heteroatoms.